The molecule has 1 aromatic carbocycles. The predicted octanol–water partition coefficient (Wildman–Crippen LogP) is 1.79. The molecule has 0 aromatic heterocycles. The van der Waals surface area contributed by atoms with E-state index in [0.29, 0.717) is 9.13 Å². The van der Waals surface area contributed by atoms with E-state index in [1.165, 1.54) is 6.07 Å². The summed E-state index contributed by atoms with van der Waals surface area (Å²) in [4.78, 5) is 0. The van der Waals surface area contributed by atoms with Crippen LogP contribution in [-0.4, -0.2) is 5.11 Å². The van der Waals surface area contributed by atoms with E-state index in [1.807, 2.05) is 22.6 Å². The van der Waals surface area contributed by atoms with Crippen LogP contribution in [0.4, 0.5) is 4.39 Å². The maximum Gasteiger partial charge on any atom is 0.142 e. The molecule has 4 heteroatoms. The van der Waals surface area contributed by atoms with E-state index in [-0.39, 0.29) is 12.2 Å². The molecular weight excluding hydrogens is 272 g/mol. The highest BCUT2D eigenvalue weighted by molar-refractivity contribution is 14.1. The summed E-state index contributed by atoms with van der Waals surface area (Å²) in [5.74, 6) is -0.576. The number of benzene rings is 1. The van der Waals surface area contributed by atoms with Crippen molar-refractivity contribution in [1.82, 2.24) is 0 Å². The van der Waals surface area contributed by atoms with E-state index in [1.54, 1.807) is 12.1 Å². The fourth-order valence-corrected chi connectivity index (χ4v) is 1.53. The quantitative estimate of drug-likeness (QED) is 0.795. The van der Waals surface area contributed by atoms with Crippen molar-refractivity contribution in [3.63, 3.8) is 0 Å². The molecule has 0 aliphatic carbocycles. The van der Waals surface area contributed by atoms with Gasteiger partial charge in [-0.15, -0.1) is 0 Å². The summed E-state index contributed by atoms with van der Waals surface area (Å²) >= 11 is 1.93. The van der Waals surface area contributed by atoms with Gasteiger partial charge in [-0.1, -0.05) is 0 Å². The average molecular weight is 277 g/mol. The van der Waals surface area contributed by atoms with E-state index in [2.05, 4.69) is 0 Å². The zero-order valence-electron chi connectivity index (χ0n) is 6.01. The van der Waals surface area contributed by atoms with Crippen LogP contribution in [-0.2, 0) is 6.61 Å². The SMILES string of the molecule is N#Cc1c(F)cc(I)cc1CO. The number of hydrogen-bond donors (Lipinski definition) is 1. The minimum Gasteiger partial charge on any atom is -0.392 e. The van der Waals surface area contributed by atoms with Crippen LogP contribution in [0.15, 0.2) is 12.1 Å². The van der Waals surface area contributed by atoms with Crippen LogP contribution in [0.3, 0.4) is 0 Å². The number of aliphatic hydroxyl groups excluding tert-OH is 1. The highest BCUT2D eigenvalue weighted by Crippen LogP contribution is 2.17. The molecule has 12 heavy (non-hydrogen) atoms. The van der Waals surface area contributed by atoms with Gasteiger partial charge in [0.25, 0.3) is 0 Å². The maximum absolute atomic E-state index is 13.0. The standard InChI is InChI=1S/C8H5FINO/c9-8-2-6(10)1-5(4-12)7(8)3-11/h1-2,12H,4H2. The van der Waals surface area contributed by atoms with Crippen LogP contribution in [0.2, 0.25) is 0 Å². The van der Waals surface area contributed by atoms with Gasteiger partial charge in [-0.3, -0.25) is 0 Å². The third kappa shape index (κ3) is 1.73. The van der Waals surface area contributed by atoms with Gasteiger partial charge in [0, 0.05) is 3.57 Å². The first kappa shape index (κ1) is 9.42. The van der Waals surface area contributed by atoms with Crippen molar-refractivity contribution in [2.45, 2.75) is 6.61 Å². The fraction of sp³-hybridized carbons (Fsp3) is 0.125. The summed E-state index contributed by atoms with van der Waals surface area (Å²) in [6.45, 7) is -0.309. The third-order valence-electron chi connectivity index (χ3n) is 1.42. The van der Waals surface area contributed by atoms with Gasteiger partial charge in [-0.2, -0.15) is 5.26 Å². The van der Waals surface area contributed by atoms with Gasteiger partial charge < -0.3 is 5.11 Å². The van der Waals surface area contributed by atoms with Crippen LogP contribution >= 0.6 is 22.6 Å². The zero-order chi connectivity index (χ0) is 9.14. The van der Waals surface area contributed by atoms with E-state index in [0.717, 1.165) is 0 Å². The third-order valence-corrected chi connectivity index (χ3v) is 2.04. The Hall–Kier alpha value is -0.670. The normalized spacial score (nSPS) is 9.50. The molecule has 0 heterocycles. The number of hydrogen-bond acceptors (Lipinski definition) is 2. The molecule has 0 bridgehead atoms. The van der Waals surface area contributed by atoms with Crippen molar-refractivity contribution in [3.8, 4) is 6.07 Å². The number of halogens is 2. The van der Waals surface area contributed by atoms with E-state index < -0.39 is 5.82 Å². The largest absolute Gasteiger partial charge is 0.392 e. The number of nitrogens with zero attached hydrogens (tertiary/aromatic N) is 1. The van der Waals surface area contributed by atoms with Crippen LogP contribution in [0.1, 0.15) is 11.1 Å². The second-order valence-corrected chi connectivity index (χ2v) is 3.44. The summed E-state index contributed by atoms with van der Waals surface area (Å²) in [6.07, 6.45) is 0. The molecule has 1 rings (SSSR count). The molecule has 62 valence electrons. The summed E-state index contributed by atoms with van der Waals surface area (Å²) in [5.41, 5.74) is 0.264. The Labute approximate surface area is 82.8 Å². The molecule has 2 nitrogen and oxygen atoms in total. The molecule has 1 N–H and O–H groups in total. The smallest absolute Gasteiger partial charge is 0.142 e. The van der Waals surface area contributed by atoms with Gasteiger partial charge in [-0.25, -0.2) is 4.39 Å². The van der Waals surface area contributed by atoms with Gasteiger partial charge in [0.15, 0.2) is 0 Å². The van der Waals surface area contributed by atoms with E-state index in [4.69, 9.17) is 10.4 Å². The molecule has 0 aliphatic heterocycles. The highest BCUT2D eigenvalue weighted by atomic mass is 127. The predicted molar refractivity (Wildman–Crippen MR) is 49.8 cm³/mol. The molecular formula is C8H5FINO. The van der Waals surface area contributed by atoms with E-state index >= 15 is 0 Å². The van der Waals surface area contributed by atoms with Crippen molar-refractivity contribution in [2.75, 3.05) is 0 Å². The van der Waals surface area contributed by atoms with Crippen LogP contribution in [0.5, 0.6) is 0 Å². The topological polar surface area (TPSA) is 44.0 Å². The summed E-state index contributed by atoms with van der Waals surface area (Å²) in [6, 6.07) is 4.55. The van der Waals surface area contributed by atoms with Crippen molar-refractivity contribution in [3.05, 3.63) is 32.6 Å². The highest BCUT2D eigenvalue weighted by Gasteiger charge is 2.08. The zero-order valence-corrected chi connectivity index (χ0v) is 8.17. The second kappa shape index (κ2) is 3.83. The van der Waals surface area contributed by atoms with Gasteiger partial charge >= 0.3 is 0 Å². The van der Waals surface area contributed by atoms with Gasteiger partial charge in [0.1, 0.15) is 11.9 Å². The molecule has 0 radical (unpaired) electrons. The maximum atomic E-state index is 13.0. The summed E-state index contributed by atoms with van der Waals surface area (Å²) in [7, 11) is 0. The molecule has 0 saturated heterocycles. The minimum absolute atomic E-state index is 0.0714. The van der Waals surface area contributed by atoms with Crippen LogP contribution < -0.4 is 0 Å². The first-order valence-corrected chi connectivity index (χ1v) is 4.25. The Bertz CT molecular complexity index is 346. The molecule has 0 atom stereocenters. The molecule has 0 unspecified atom stereocenters. The van der Waals surface area contributed by atoms with Gasteiger partial charge in [0.2, 0.25) is 0 Å². The Morgan fingerprint density at radius 2 is 2.25 bits per heavy atom. The lowest BCUT2D eigenvalue weighted by Crippen LogP contribution is -1.94. The Kier molecular flexibility index (Phi) is 3.00. The molecule has 0 amide bonds. The lowest BCUT2D eigenvalue weighted by Gasteiger charge is -2.01. The van der Waals surface area contributed by atoms with Crippen molar-refractivity contribution < 1.29 is 9.50 Å². The first-order chi connectivity index (χ1) is 5.69. The van der Waals surface area contributed by atoms with E-state index in [9.17, 15) is 4.39 Å². The average Bonchev–Trinajstić information content (AvgIpc) is 2.03. The number of rotatable bonds is 1. The Morgan fingerprint density at radius 3 is 2.75 bits per heavy atom. The minimum atomic E-state index is -0.576. The monoisotopic (exact) mass is 277 g/mol. The lowest BCUT2D eigenvalue weighted by molar-refractivity contribution is 0.280. The Balaban J connectivity index is 3.36. The summed E-state index contributed by atoms with van der Waals surface area (Å²) < 4.78 is 13.6. The number of aliphatic hydroxyl groups is 1. The molecule has 0 spiro atoms. The van der Waals surface area contributed by atoms with Crippen LogP contribution in [0.25, 0.3) is 0 Å². The second-order valence-electron chi connectivity index (χ2n) is 2.19. The molecule has 1 aromatic rings. The number of nitriles is 1. The molecule has 0 aliphatic rings. The Morgan fingerprint density at radius 1 is 1.58 bits per heavy atom. The van der Waals surface area contributed by atoms with Gasteiger partial charge in [0.05, 0.1) is 12.2 Å². The molecule has 0 saturated carbocycles. The fourth-order valence-electron chi connectivity index (χ4n) is 0.877. The van der Waals surface area contributed by atoms with Crippen molar-refractivity contribution in [2.24, 2.45) is 0 Å². The molecule has 0 fully saturated rings. The van der Waals surface area contributed by atoms with Crippen molar-refractivity contribution >= 4 is 22.6 Å². The lowest BCUT2D eigenvalue weighted by atomic mass is 10.1. The van der Waals surface area contributed by atoms with Gasteiger partial charge in [-0.05, 0) is 40.3 Å². The summed E-state index contributed by atoms with van der Waals surface area (Å²) in [5, 5.41) is 17.3. The van der Waals surface area contributed by atoms with Crippen LogP contribution in [0, 0.1) is 20.7 Å². The van der Waals surface area contributed by atoms with Crippen molar-refractivity contribution in [1.29, 1.82) is 5.26 Å². The first-order valence-electron chi connectivity index (χ1n) is 3.18.